The third-order valence-electron chi connectivity index (χ3n) is 5.23. The Bertz CT molecular complexity index is 906. The number of benzene rings is 2. The molecule has 3 nitrogen and oxygen atoms in total. The highest BCUT2D eigenvalue weighted by Gasteiger charge is 2.25. The topological polar surface area (TPSA) is 50.4 Å². The number of halogens is 1. The molecule has 0 radical (unpaired) electrons. The number of hydrogen-bond donors (Lipinski definition) is 2. The Morgan fingerprint density at radius 2 is 1.96 bits per heavy atom. The molecule has 0 aromatic heterocycles. The van der Waals surface area contributed by atoms with Crippen LogP contribution in [0.2, 0.25) is 0 Å². The molecule has 0 unspecified atom stereocenters. The standard InChI is InChI=1S/C24H28FN3/c1-4-22(27-14-17(3)26)21-13-12-20(19-6-5-7-19)24(23(21)25)28-15-18-10-8-16(2)9-11-18/h4,8-14,19,28H,3,5-7,15,26H2,1-2H3/b22-4-,27-14-. The number of aliphatic imine (C=N–C) groups is 1. The fourth-order valence-electron chi connectivity index (χ4n) is 3.38. The lowest BCUT2D eigenvalue weighted by Gasteiger charge is -2.29. The number of nitrogens with one attached hydrogen (secondary N) is 1. The van der Waals surface area contributed by atoms with Gasteiger partial charge in [0.25, 0.3) is 0 Å². The Labute approximate surface area is 166 Å². The van der Waals surface area contributed by atoms with E-state index in [1.807, 2.05) is 19.1 Å². The number of anilines is 1. The van der Waals surface area contributed by atoms with Crippen molar-refractivity contribution < 1.29 is 4.39 Å². The van der Waals surface area contributed by atoms with Crippen LogP contribution in [0.5, 0.6) is 0 Å². The number of nitrogens with two attached hydrogens (primary N) is 1. The van der Waals surface area contributed by atoms with Gasteiger partial charge in [0.1, 0.15) is 0 Å². The zero-order chi connectivity index (χ0) is 20.1. The first-order chi connectivity index (χ1) is 13.5. The fourth-order valence-corrected chi connectivity index (χ4v) is 3.38. The van der Waals surface area contributed by atoms with Gasteiger partial charge in [-0.3, -0.25) is 4.99 Å². The summed E-state index contributed by atoms with van der Waals surface area (Å²) in [6.07, 6.45) is 6.66. The smallest absolute Gasteiger partial charge is 0.155 e. The summed E-state index contributed by atoms with van der Waals surface area (Å²) in [5.41, 5.74) is 10.9. The Morgan fingerprint density at radius 3 is 2.54 bits per heavy atom. The van der Waals surface area contributed by atoms with Crippen molar-refractivity contribution in [2.24, 2.45) is 10.7 Å². The molecule has 0 bridgehead atoms. The van der Waals surface area contributed by atoms with Gasteiger partial charge in [-0.05, 0) is 49.8 Å². The minimum atomic E-state index is -0.260. The first-order valence-electron chi connectivity index (χ1n) is 9.76. The molecule has 0 amide bonds. The quantitative estimate of drug-likeness (QED) is 0.589. The first-order valence-corrected chi connectivity index (χ1v) is 9.76. The number of aryl methyl sites for hydroxylation is 1. The van der Waals surface area contributed by atoms with Gasteiger partial charge >= 0.3 is 0 Å². The van der Waals surface area contributed by atoms with Crippen LogP contribution in [-0.2, 0) is 6.54 Å². The van der Waals surface area contributed by atoms with Gasteiger partial charge in [0.15, 0.2) is 5.82 Å². The van der Waals surface area contributed by atoms with E-state index >= 15 is 4.39 Å². The second-order valence-corrected chi connectivity index (χ2v) is 7.37. The van der Waals surface area contributed by atoms with Gasteiger partial charge in [-0.25, -0.2) is 4.39 Å². The zero-order valence-electron chi connectivity index (χ0n) is 16.6. The maximum absolute atomic E-state index is 15.6. The number of nitrogens with zero attached hydrogens (tertiary/aromatic N) is 1. The monoisotopic (exact) mass is 377 g/mol. The lowest BCUT2D eigenvalue weighted by molar-refractivity contribution is 0.419. The van der Waals surface area contributed by atoms with Crippen LogP contribution in [0.25, 0.3) is 5.70 Å². The molecule has 3 rings (SSSR count). The summed E-state index contributed by atoms with van der Waals surface area (Å²) in [4.78, 5) is 4.29. The molecule has 1 aliphatic rings. The van der Waals surface area contributed by atoms with Crippen LogP contribution in [0.15, 0.2) is 59.7 Å². The molecule has 0 heterocycles. The van der Waals surface area contributed by atoms with Crippen LogP contribution in [-0.4, -0.2) is 6.21 Å². The molecule has 28 heavy (non-hydrogen) atoms. The second kappa shape index (κ2) is 8.87. The molecule has 2 aromatic carbocycles. The predicted octanol–water partition coefficient (Wildman–Crippen LogP) is 5.92. The highest BCUT2D eigenvalue weighted by atomic mass is 19.1. The predicted molar refractivity (Wildman–Crippen MR) is 117 cm³/mol. The summed E-state index contributed by atoms with van der Waals surface area (Å²) in [5.74, 6) is 0.162. The van der Waals surface area contributed by atoms with Gasteiger partial charge in [-0.1, -0.05) is 55.0 Å². The zero-order valence-corrected chi connectivity index (χ0v) is 16.6. The number of allylic oxidation sites excluding steroid dienone is 2. The van der Waals surface area contributed by atoms with E-state index in [9.17, 15) is 0 Å². The van der Waals surface area contributed by atoms with Crippen LogP contribution >= 0.6 is 0 Å². The maximum atomic E-state index is 15.6. The van der Waals surface area contributed by atoms with Crippen molar-refractivity contribution in [3.8, 4) is 0 Å². The molecule has 0 atom stereocenters. The Kier molecular flexibility index (Phi) is 6.30. The lowest BCUT2D eigenvalue weighted by atomic mass is 9.79. The molecule has 1 saturated carbocycles. The maximum Gasteiger partial charge on any atom is 0.155 e. The van der Waals surface area contributed by atoms with E-state index in [1.54, 1.807) is 6.08 Å². The minimum absolute atomic E-state index is 0.260. The Balaban J connectivity index is 1.94. The highest BCUT2D eigenvalue weighted by Crippen LogP contribution is 2.42. The Morgan fingerprint density at radius 1 is 1.25 bits per heavy atom. The molecule has 2 aromatic rings. The van der Waals surface area contributed by atoms with E-state index in [1.165, 1.54) is 18.2 Å². The first kappa shape index (κ1) is 19.9. The SMILES string of the molecule is C=C(N)/C=N\C(=C/C)c1ccc(C2CCC2)c(NCc2ccc(C)cc2)c1F. The van der Waals surface area contributed by atoms with Crippen molar-refractivity contribution >= 4 is 17.6 Å². The van der Waals surface area contributed by atoms with Crippen molar-refractivity contribution in [2.45, 2.75) is 45.6 Å². The van der Waals surface area contributed by atoms with E-state index in [-0.39, 0.29) is 5.82 Å². The molecule has 4 heteroatoms. The van der Waals surface area contributed by atoms with E-state index < -0.39 is 0 Å². The third-order valence-corrected chi connectivity index (χ3v) is 5.23. The van der Waals surface area contributed by atoms with Crippen LogP contribution < -0.4 is 11.1 Å². The van der Waals surface area contributed by atoms with E-state index in [0.717, 1.165) is 24.0 Å². The largest absolute Gasteiger partial charge is 0.398 e. The van der Waals surface area contributed by atoms with Gasteiger partial charge < -0.3 is 11.1 Å². The highest BCUT2D eigenvalue weighted by molar-refractivity contribution is 5.84. The molecular formula is C24H28FN3. The van der Waals surface area contributed by atoms with Crippen LogP contribution in [0.4, 0.5) is 10.1 Å². The van der Waals surface area contributed by atoms with Crippen molar-refractivity contribution in [3.63, 3.8) is 0 Å². The molecule has 146 valence electrons. The fraction of sp³-hybridized carbons (Fsp3) is 0.292. The van der Waals surface area contributed by atoms with Crippen molar-refractivity contribution in [2.75, 3.05) is 5.32 Å². The molecular weight excluding hydrogens is 349 g/mol. The van der Waals surface area contributed by atoms with E-state index in [2.05, 4.69) is 48.1 Å². The minimum Gasteiger partial charge on any atom is -0.398 e. The van der Waals surface area contributed by atoms with Crippen LogP contribution in [0.3, 0.4) is 0 Å². The normalized spacial score (nSPS) is 14.9. The molecule has 3 N–H and O–H groups in total. The van der Waals surface area contributed by atoms with Crippen molar-refractivity contribution in [3.05, 3.63) is 82.8 Å². The summed E-state index contributed by atoms with van der Waals surface area (Å²) in [6, 6.07) is 12.1. The second-order valence-electron chi connectivity index (χ2n) is 7.37. The molecule has 0 aliphatic heterocycles. The average molecular weight is 378 g/mol. The molecule has 1 aliphatic carbocycles. The van der Waals surface area contributed by atoms with E-state index in [0.29, 0.717) is 35.1 Å². The summed E-state index contributed by atoms with van der Waals surface area (Å²) in [5, 5.41) is 3.35. The van der Waals surface area contributed by atoms with Crippen molar-refractivity contribution in [1.29, 1.82) is 0 Å². The Hall–Kier alpha value is -2.88. The molecule has 1 fully saturated rings. The molecule has 0 saturated heterocycles. The summed E-state index contributed by atoms with van der Waals surface area (Å²) >= 11 is 0. The van der Waals surface area contributed by atoms with Gasteiger partial charge in [-0.15, -0.1) is 0 Å². The summed E-state index contributed by atoms with van der Waals surface area (Å²) < 4.78 is 15.6. The van der Waals surface area contributed by atoms with Crippen LogP contribution in [0.1, 0.15) is 54.4 Å². The van der Waals surface area contributed by atoms with Crippen LogP contribution in [0, 0.1) is 12.7 Å². The average Bonchev–Trinajstić information content (AvgIpc) is 2.63. The summed E-state index contributed by atoms with van der Waals surface area (Å²) in [7, 11) is 0. The van der Waals surface area contributed by atoms with E-state index in [4.69, 9.17) is 5.73 Å². The number of hydrogen-bond acceptors (Lipinski definition) is 3. The summed E-state index contributed by atoms with van der Waals surface area (Å²) in [6.45, 7) is 8.09. The van der Waals surface area contributed by atoms with Gasteiger partial charge in [0, 0.05) is 24.0 Å². The third kappa shape index (κ3) is 4.50. The van der Waals surface area contributed by atoms with Gasteiger partial charge in [0.2, 0.25) is 0 Å². The van der Waals surface area contributed by atoms with Gasteiger partial charge in [0.05, 0.1) is 11.4 Å². The molecule has 0 spiro atoms. The lowest BCUT2D eigenvalue weighted by Crippen LogP contribution is -2.14. The van der Waals surface area contributed by atoms with Gasteiger partial charge in [-0.2, -0.15) is 0 Å². The van der Waals surface area contributed by atoms with Crippen molar-refractivity contribution in [1.82, 2.24) is 0 Å². The number of rotatable bonds is 7.